The van der Waals surface area contributed by atoms with Crippen LogP contribution in [0.3, 0.4) is 0 Å². The maximum absolute atomic E-state index is 13.0. The number of halogens is 1. The molecule has 0 fully saturated rings. The van der Waals surface area contributed by atoms with Crippen LogP contribution in [-0.2, 0) is 22.7 Å². The number of nitrogens with one attached hydrogen (secondary N) is 1. The van der Waals surface area contributed by atoms with E-state index in [9.17, 15) is 18.8 Å². The molecule has 0 saturated heterocycles. The standard InChI is InChI=1S/C24H18FN3O5/c25-19-12-10-18(11-13-19)23-27-28(24(31)33-23)14-21(29)32-15-16-6-8-17(9-7-16)22(30)26-20-4-2-1-3-5-20/h1-13H,14-15H2,(H,26,30). The second-order valence-electron chi connectivity index (χ2n) is 7.02. The fourth-order valence-corrected chi connectivity index (χ4v) is 2.92. The zero-order valence-corrected chi connectivity index (χ0v) is 17.2. The van der Waals surface area contributed by atoms with Gasteiger partial charge in [0.1, 0.15) is 19.0 Å². The first kappa shape index (κ1) is 21.7. The first-order chi connectivity index (χ1) is 16.0. The number of amides is 1. The van der Waals surface area contributed by atoms with Crippen molar-refractivity contribution in [2.24, 2.45) is 0 Å². The smallest absolute Gasteiger partial charge is 0.437 e. The van der Waals surface area contributed by atoms with E-state index in [-0.39, 0.29) is 18.4 Å². The minimum Gasteiger partial charge on any atom is -0.459 e. The van der Waals surface area contributed by atoms with Gasteiger partial charge < -0.3 is 14.5 Å². The highest BCUT2D eigenvalue weighted by Gasteiger charge is 2.14. The number of carbonyl (C=O) groups excluding carboxylic acids is 2. The van der Waals surface area contributed by atoms with E-state index in [4.69, 9.17) is 9.15 Å². The average Bonchev–Trinajstić information content (AvgIpc) is 3.19. The molecule has 0 bridgehead atoms. The summed E-state index contributed by atoms with van der Waals surface area (Å²) in [6.07, 6.45) is 0. The largest absolute Gasteiger partial charge is 0.459 e. The molecule has 0 aliphatic heterocycles. The van der Waals surface area contributed by atoms with Gasteiger partial charge in [0.2, 0.25) is 5.89 Å². The van der Waals surface area contributed by atoms with Crippen LogP contribution in [-0.4, -0.2) is 21.7 Å². The van der Waals surface area contributed by atoms with Crippen LogP contribution in [0.2, 0.25) is 0 Å². The van der Waals surface area contributed by atoms with Gasteiger partial charge in [-0.3, -0.25) is 9.59 Å². The highest BCUT2D eigenvalue weighted by atomic mass is 19.1. The van der Waals surface area contributed by atoms with Gasteiger partial charge in [0, 0.05) is 16.8 Å². The minimum absolute atomic E-state index is 0.0304. The number of rotatable bonds is 7. The molecule has 0 unspecified atom stereocenters. The molecule has 0 radical (unpaired) electrons. The molecular weight excluding hydrogens is 429 g/mol. The Hall–Kier alpha value is -4.53. The molecule has 0 aliphatic rings. The summed E-state index contributed by atoms with van der Waals surface area (Å²) < 4.78 is 24.1. The Kier molecular flexibility index (Phi) is 6.40. The molecule has 1 amide bonds. The molecule has 4 rings (SSSR count). The molecule has 1 heterocycles. The molecule has 9 heteroatoms. The van der Waals surface area contributed by atoms with Crippen LogP contribution in [0.4, 0.5) is 10.1 Å². The van der Waals surface area contributed by atoms with E-state index in [1.807, 2.05) is 18.2 Å². The Morgan fingerprint density at radius 1 is 0.970 bits per heavy atom. The molecule has 1 N–H and O–H groups in total. The van der Waals surface area contributed by atoms with E-state index < -0.39 is 24.1 Å². The summed E-state index contributed by atoms with van der Waals surface area (Å²) in [5.74, 6) is -2.25. The van der Waals surface area contributed by atoms with Crippen LogP contribution >= 0.6 is 0 Å². The van der Waals surface area contributed by atoms with E-state index in [1.54, 1.807) is 36.4 Å². The van der Waals surface area contributed by atoms with Gasteiger partial charge in [-0.2, -0.15) is 4.68 Å². The maximum Gasteiger partial charge on any atom is 0.437 e. The third kappa shape index (κ3) is 5.59. The number of para-hydroxylation sites is 1. The number of carbonyl (C=O) groups is 2. The molecule has 0 spiro atoms. The number of hydrogen-bond acceptors (Lipinski definition) is 6. The second kappa shape index (κ2) is 9.73. The van der Waals surface area contributed by atoms with Gasteiger partial charge in [-0.25, -0.2) is 9.18 Å². The second-order valence-corrected chi connectivity index (χ2v) is 7.02. The summed E-state index contributed by atoms with van der Waals surface area (Å²) in [6, 6.07) is 20.9. The van der Waals surface area contributed by atoms with Crippen LogP contribution < -0.4 is 11.1 Å². The summed E-state index contributed by atoms with van der Waals surface area (Å²) in [5, 5.41) is 6.73. The van der Waals surface area contributed by atoms with Gasteiger partial charge in [0.05, 0.1) is 0 Å². The number of nitrogens with zero attached hydrogens (tertiary/aromatic N) is 2. The lowest BCUT2D eigenvalue weighted by Crippen LogP contribution is -2.23. The summed E-state index contributed by atoms with van der Waals surface area (Å²) in [7, 11) is 0. The van der Waals surface area contributed by atoms with E-state index in [1.165, 1.54) is 24.3 Å². The van der Waals surface area contributed by atoms with Crippen molar-refractivity contribution in [2.75, 3.05) is 5.32 Å². The van der Waals surface area contributed by atoms with Gasteiger partial charge >= 0.3 is 11.7 Å². The Balaban J connectivity index is 1.31. The van der Waals surface area contributed by atoms with Crippen molar-refractivity contribution in [1.29, 1.82) is 0 Å². The SMILES string of the molecule is O=C(Cn1nc(-c2ccc(F)cc2)oc1=O)OCc1ccc(C(=O)Nc2ccccc2)cc1. The van der Waals surface area contributed by atoms with Crippen molar-refractivity contribution in [1.82, 2.24) is 9.78 Å². The number of esters is 1. The molecule has 4 aromatic rings. The van der Waals surface area contributed by atoms with Crippen molar-refractivity contribution in [2.45, 2.75) is 13.2 Å². The number of benzene rings is 3. The highest BCUT2D eigenvalue weighted by molar-refractivity contribution is 6.04. The highest BCUT2D eigenvalue weighted by Crippen LogP contribution is 2.15. The third-order valence-corrected chi connectivity index (χ3v) is 4.62. The number of aromatic nitrogens is 2. The molecule has 3 aromatic carbocycles. The van der Waals surface area contributed by atoms with Crippen molar-refractivity contribution >= 4 is 17.6 Å². The monoisotopic (exact) mass is 447 g/mol. The lowest BCUT2D eigenvalue weighted by atomic mass is 10.1. The van der Waals surface area contributed by atoms with Crippen LogP contribution in [0.5, 0.6) is 0 Å². The minimum atomic E-state index is -0.833. The van der Waals surface area contributed by atoms with E-state index in [2.05, 4.69) is 10.4 Å². The summed E-state index contributed by atoms with van der Waals surface area (Å²) in [4.78, 5) is 36.4. The molecule has 8 nitrogen and oxygen atoms in total. The van der Waals surface area contributed by atoms with Crippen molar-refractivity contribution in [3.8, 4) is 11.5 Å². The van der Waals surface area contributed by atoms with Gasteiger partial charge in [0.25, 0.3) is 5.91 Å². The van der Waals surface area contributed by atoms with Crippen LogP contribution in [0.25, 0.3) is 11.5 Å². The fourth-order valence-electron chi connectivity index (χ4n) is 2.92. The lowest BCUT2D eigenvalue weighted by molar-refractivity contribution is -0.146. The zero-order chi connectivity index (χ0) is 23.2. The fraction of sp³-hybridized carbons (Fsp3) is 0.0833. The molecule has 0 saturated carbocycles. The van der Waals surface area contributed by atoms with Crippen LogP contribution in [0.15, 0.2) is 88.1 Å². The van der Waals surface area contributed by atoms with Gasteiger partial charge in [0.15, 0.2) is 0 Å². The Morgan fingerprint density at radius 2 is 1.67 bits per heavy atom. The lowest BCUT2D eigenvalue weighted by Gasteiger charge is -2.07. The first-order valence-corrected chi connectivity index (χ1v) is 9.93. The predicted molar refractivity (Wildman–Crippen MR) is 117 cm³/mol. The van der Waals surface area contributed by atoms with E-state index in [0.717, 1.165) is 4.68 Å². The van der Waals surface area contributed by atoms with E-state index >= 15 is 0 Å². The summed E-state index contributed by atoms with van der Waals surface area (Å²) >= 11 is 0. The normalized spacial score (nSPS) is 10.6. The predicted octanol–water partition coefficient (Wildman–Crippen LogP) is 3.64. The van der Waals surface area contributed by atoms with Gasteiger partial charge in [-0.15, -0.1) is 5.10 Å². The Labute approximate surface area is 187 Å². The van der Waals surface area contributed by atoms with Crippen molar-refractivity contribution in [3.05, 3.63) is 106 Å². The molecule has 0 atom stereocenters. The van der Waals surface area contributed by atoms with Crippen molar-refractivity contribution < 1.29 is 23.1 Å². The van der Waals surface area contributed by atoms with Gasteiger partial charge in [-0.05, 0) is 54.1 Å². The molecule has 1 aromatic heterocycles. The van der Waals surface area contributed by atoms with Crippen molar-refractivity contribution in [3.63, 3.8) is 0 Å². The molecule has 166 valence electrons. The number of hydrogen-bond donors (Lipinski definition) is 1. The quantitative estimate of drug-likeness (QED) is 0.434. The Morgan fingerprint density at radius 3 is 2.36 bits per heavy atom. The number of ether oxygens (including phenoxy) is 1. The molecule has 33 heavy (non-hydrogen) atoms. The van der Waals surface area contributed by atoms with Gasteiger partial charge in [-0.1, -0.05) is 30.3 Å². The molecule has 0 aliphatic carbocycles. The third-order valence-electron chi connectivity index (χ3n) is 4.62. The molecular formula is C24H18FN3O5. The van der Waals surface area contributed by atoms with Crippen LogP contribution in [0, 0.1) is 5.82 Å². The summed E-state index contributed by atoms with van der Waals surface area (Å²) in [5.41, 5.74) is 2.21. The zero-order valence-electron chi connectivity index (χ0n) is 17.2. The van der Waals surface area contributed by atoms with Crippen LogP contribution in [0.1, 0.15) is 15.9 Å². The number of anilines is 1. The maximum atomic E-state index is 13.0. The average molecular weight is 447 g/mol. The van der Waals surface area contributed by atoms with E-state index in [0.29, 0.717) is 22.4 Å². The first-order valence-electron chi connectivity index (χ1n) is 9.93. The summed E-state index contributed by atoms with van der Waals surface area (Å²) in [6.45, 7) is -0.488. The Bertz CT molecular complexity index is 1310. The topological polar surface area (TPSA) is 103 Å².